The molecule has 0 saturated heterocycles. The predicted octanol–water partition coefficient (Wildman–Crippen LogP) is 6.72. The molecule has 0 bridgehead atoms. The fraction of sp³-hybridized carbons (Fsp3) is 0.926. The summed E-state index contributed by atoms with van der Waals surface area (Å²) in [7, 11) is 0. The number of hydrogen-bond acceptors (Lipinski definition) is 5. The minimum Gasteiger partial charge on any atom is -0.393 e. The number of hydrogen-bond donors (Lipinski definition) is 2. The molecule has 0 aromatic rings. The van der Waals surface area contributed by atoms with Crippen molar-refractivity contribution in [1.82, 2.24) is 0 Å². The Bertz CT molecular complexity index is 451. The molecule has 0 amide bonds. The predicted molar refractivity (Wildman–Crippen MR) is 131 cm³/mol. The largest absolute Gasteiger partial charge is 0.393 e. The van der Waals surface area contributed by atoms with E-state index >= 15 is 0 Å². The van der Waals surface area contributed by atoms with E-state index in [1.807, 2.05) is 0 Å². The molecular weight excluding hydrogens is 404 g/mol. The zero-order valence-electron chi connectivity index (χ0n) is 21.3. The maximum atomic E-state index is 12.6. The second-order valence-corrected chi connectivity index (χ2v) is 9.47. The van der Waals surface area contributed by atoms with E-state index in [4.69, 9.17) is 9.84 Å². The number of carbonyl (C=O) groups excluding carboxylic acids is 2. The summed E-state index contributed by atoms with van der Waals surface area (Å²) >= 11 is 0. The molecule has 0 aliphatic heterocycles. The minimum atomic E-state index is -1.65. The lowest BCUT2D eigenvalue weighted by Gasteiger charge is -2.21. The van der Waals surface area contributed by atoms with Crippen molar-refractivity contribution in [3.05, 3.63) is 0 Å². The zero-order chi connectivity index (χ0) is 24.0. The fourth-order valence-electron chi connectivity index (χ4n) is 4.27. The molecular formula is C27H52O5. The smallest absolute Gasteiger partial charge is 0.345 e. The molecule has 0 aromatic carbocycles. The van der Waals surface area contributed by atoms with Gasteiger partial charge in [-0.05, 0) is 18.8 Å². The van der Waals surface area contributed by atoms with Gasteiger partial charge in [-0.1, -0.05) is 124 Å². The summed E-state index contributed by atoms with van der Waals surface area (Å²) in [5, 5.41) is 18.3. The Kier molecular flexibility index (Phi) is 21.2. The molecule has 0 radical (unpaired) electrons. The van der Waals surface area contributed by atoms with Crippen molar-refractivity contribution in [1.29, 1.82) is 0 Å². The first-order chi connectivity index (χ1) is 15.5. The SMILES string of the molecule is CCCCCCCCCCCCCCC(CC(CC)CCCC)C(=O)OC(=O)C(O)CO. The van der Waals surface area contributed by atoms with Crippen molar-refractivity contribution in [2.24, 2.45) is 11.8 Å². The Morgan fingerprint density at radius 2 is 1.19 bits per heavy atom. The molecule has 0 spiro atoms. The molecule has 3 unspecified atom stereocenters. The van der Waals surface area contributed by atoms with Crippen LogP contribution in [0, 0.1) is 11.8 Å². The molecule has 5 heteroatoms. The molecule has 0 saturated carbocycles. The standard InChI is InChI=1S/C27H52O5/c1-4-7-9-10-11-12-13-14-15-16-17-18-20-24(21-23(6-3)19-8-5-2)26(30)32-27(31)25(29)22-28/h23-25,28-29H,4-22H2,1-3H3. The van der Waals surface area contributed by atoms with Crippen LogP contribution < -0.4 is 0 Å². The van der Waals surface area contributed by atoms with Crippen molar-refractivity contribution >= 4 is 11.9 Å². The highest BCUT2D eigenvalue weighted by molar-refractivity contribution is 5.88. The minimum absolute atomic E-state index is 0.310. The van der Waals surface area contributed by atoms with E-state index in [-0.39, 0.29) is 5.92 Å². The zero-order valence-corrected chi connectivity index (χ0v) is 21.3. The summed E-state index contributed by atoms with van der Waals surface area (Å²) in [6, 6.07) is 0. The first kappa shape index (κ1) is 31.1. The third-order valence-electron chi connectivity index (χ3n) is 6.55. The van der Waals surface area contributed by atoms with Crippen molar-refractivity contribution in [3.8, 4) is 0 Å². The average molecular weight is 457 g/mol. The van der Waals surface area contributed by atoms with E-state index in [0.29, 0.717) is 5.92 Å². The van der Waals surface area contributed by atoms with E-state index in [0.717, 1.165) is 51.4 Å². The maximum Gasteiger partial charge on any atom is 0.345 e. The molecule has 0 rings (SSSR count). The monoisotopic (exact) mass is 456 g/mol. The van der Waals surface area contributed by atoms with Gasteiger partial charge in [0.1, 0.15) is 0 Å². The Balaban J connectivity index is 4.29. The Morgan fingerprint density at radius 3 is 1.66 bits per heavy atom. The summed E-state index contributed by atoms with van der Waals surface area (Å²) in [5.74, 6) is -1.45. The second kappa shape index (κ2) is 21.9. The Hall–Kier alpha value is -0.940. The van der Waals surface area contributed by atoms with Crippen LogP contribution in [0.1, 0.15) is 136 Å². The van der Waals surface area contributed by atoms with E-state index in [9.17, 15) is 14.7 Å². The molecule has 0 aliphatic carbocycles. The quantitative estimate of drug-likeness (QED) is 0.107. The third-order valence-corrected chi connectivity index (χ3v) is 6.55. The highest BCUT2D eigenvalue weighted by Gasteiger charge is 2.27. The van der Waals surface area contributed by atoms with Gasteiger partial charge in [0, 0.05) is 0 Å². The number of rotatable bonds is 22. The summed E-state index contributed by atoms with van der Waals surface area (Å²) in [4.78, 5) is 24.3. The van der Waals surface area contributed by atoms with Crippen molar-refractivity contribution < 1.29 is 24.5 Å². The van der Waals surface area contributed by atoms with Gasteiger partial charge in [-0.25, -0.2) is 4.79 Å². The first-order valence-corrected chi connectivity index (χ1v) is 13.5. The first-order valence-electron chi connectivity index (χ1n) is 13.5. The van der Waals surface area contributed by atoms with Crippen LogP contribution in [-0.2, 0) is 14.3 Å². The van der Waals surface area contributed by atoms with Gasteiger partial charge in [-0.3, -0.25) is 4.79 Å². The van der Waals surface area contributed by atoms with Gasteiger partial charge in [-0.15, -0.1) is 0 Å². The van der Waals surface area contributed by atoms with E-state index < -0.39 is 24.6 Å². The molecule has 190 valence electrons. The van der Waals surface area contributed by atoms with Crippen molar-refractivity contribution in [2.75, 3.05) is 6.61 Å². The number of aliphatic hydroxyl groups is 2. The summed E-state index contributed by atoms with van der Waals surface area (Å²) in [6.45, 7) is 5.83. The van der Waals surface area contributed by atoms with Gasteiger partial charge in [0.05, 0.1) is 12.5 Å². The second-order valence-electron chi connectivity index (χ2n) is 9.47. The fourth-order valence-corrected chi connectivity index (χ4v) is 4.27. The van der Waals surface area contributed by atoms with Gasteiger partial charge >= 0.3 is 11.9 Å². The van der Waals surface area contributed by atoms with Crippen LogP contribution in [0.2, 0.25) is 0 Å². The lowest BCUT2D eigenvalue weighted by molar-refractivity contribution is -0.170. The lowest BCUT2D eigenvalue weighted by Crippen LogP contribution is -2.32. The highest BCUT2D eigenvalue weighted by Crippen LogP contribution is 2.26. The van der Waals surface area contributed by atoms with Gasteiger partial charge < -0.3 is 14.9 Å². The van der Waals surface area contributed by atoms with Crippen molar-refractivity contribution in [3.63, 3.8) is 0 Å². The Morgan fingerprint density at radius 1 is 0.688 bits per heavy atom. The Labute approximate surface area is 197 Å². The maximum absolute atomic E-state index is 12.6. The molecule has 0 fully saturated rings. The van der Waals surface area contributed by atoms with Crippen LogP contribution in [0.25, 0.3) is 0 Å². The van der Waals surface area contributed by atoms with Gasteiger partial charge in [0.15, 0.2) is 6.10 Å². The van der Waals surface area contributed by atoms with Crippen LogP contribution in [-0.4, -0.2) is 34.9 Å². The van der Waals surface area contributed by atoms with E-state index in [1.54, 1.807) is 0 Å². The summed E-state index contributed by atoms with van der Waals surface area (Å²) in [6.07, 6.45) is 19.4. The normalized spacial score (nSPS) is 14.2. The molecule has 0 aromatic heterocycles. The van der Waals surface area contributed by atoms with Crippen LogP contribution >= 0.6 is 0 Å². The van der Waals surface area contributed by atoms with Crippen LogP contribution in [0.5, 0.6) is 0 Å². The van der Waals surface area contributed by atoms with Crippen molar-refractivity contribution in [2.45, 2.75) is 142 Å². The van der Waals surface area contributed by atoms with Crippen LogP contribution in [0.3, 0.4) is 0 Å². The topological polar surface area (TPSA) is 83.8 Å². The van der Waals surface area contributed by atoms with Gasteiger partial charge in [-0.2, -0.15) is 0 Å². The number of esters is 2. The van der Waals surface area contributed by atoms with E-state index in [1.165, 1.54) is 64.2 Å². The molecule has 5 nitrogen and oxygen atoms in total. The highest BCUT2D eigenvalue weighted by atomic mass is 16.6. The van der Waals surface area contributed by atoms with Gasteiger partial charge in [0.2, 0.25) is 0 Å². The number of aliphatic hydroxyl groups excluding tert-OH is 2. The molecule has 0 aliphatic rings. The van der Waals surface area contributed by atoms with E-state index in [2.05, 4.69) is 20.8 Å². The summed E-state index contributed by atoms with van der Waals surface area (Å²) in [5.41, 5.74) is 0. The van der Waals surface area contributed by atoms with Crippen LogP contribution in [0.4, 0.5) is 0 Å². The number of unbranched alkanes of at least 4 members (excludes halogenated alkanes) is 12. The molecule has 2 N–H and O–H groups in total. The van der Waals surface area contributed by atoms with Crippen LogP contribution in [0.15, 0.2) is 0 Å². The number of ether oxygens (including phenoxy) is 1. The molecule has 3 atom stereocenters. The van der Waals surface area contributed by atoms with Gasteiger partial charge in [0.25, 0.3) is 0 Å². The average Bonchev–Trinajstić information content (AvgIpc) is 2.80. The number of carbonyl (C=O) groups is 2. The summed E-state index contributed by atoms with van der Waals surface area (Å²) < 4.78 is 4.88. The molecule has 0 heterocycles. The lowest BCUT2D eigenvalue weighted by atomic mass is 9.86. The third kappa shape index (κ3) is 16.7. The molecule has 32 heavy (non-hydrogen) atoms.